The quantitative estimate of drug-likeness (QED) is 0.322. The third-order valence-corrected chi connectivity index (χ3v) is 7.02. The monoisotopic (exact) mass is 480 g/mol. The summed E-state index contributed by atoms with van der Waals surface area (Å²) < 4.78 is 0. The van der Waals surface area contributed by atoms with Crippen molar-refractivity contribution in [2.45, 2.75) is 30.6 Å². The molecule has 0 saturated carbocycles. The van der Waals surface area contributed by atoms with Gasteiger partial charge in [0.1, 0.15) is 22.8 Å². The Morgan fingerprint density at radius 1 is 1.15 bits per heavy atom. The van der Waals surface area contributed by atoms with E-state index in [0.717, 1.165) is 0 Å². The van der Waals surface area contributed by atoms with Gasteiger partial charge in [0.2, 0.25) is 5.78 Å². The van der Waals surface area contributed by atoms with Gasteiger partial charge in [-0.3, -0.25) is 19.3 Å². The lowest BCUT2D eigenvalue weighted by Gasteiger charge is -2.52. The molecule has 4 rings (SSSR count). The van der Waals surface area contributed by atoms with Crippen LogP contribution >= 0.6 is 12.4 Å². The van der Waals surface area contributed by atoms with Crippen LogP contribution in [-0.4, -0.2) is 73.6 Å². The van der Waals surface area contributed by atoms with Crippen LogP contribution in [0.25, 0.3) is 0 Å². The number of halogens is 1. The highest BCUT2D eigenvalue weighted by molar-refractivity contribution is 6.24. The number of phenols is 1. The number of nitrogens with zero attached hydrogens (tertiary/aromatic N) is 1. The van der Waals surface area contributed by atoms with Gasteiger partial charge in [-0.05, 0) is 39.1 Å². The number of amides is 1. The minimum Gasteiger partial charge on any atom is -0.510 e. The van der Waals surface area contributed by atoms with Crippen LogP contribution in [-0.2, 0) is 15.2 Å². The molecule has 3 aliphatic rings. The first-order valence-electron chi connectivity index (χ1n) is 9.97. The summed E-state index contributed by atoms with van der Waals surface area (Å²) in [5, 5.41) is 55.0. The average Bonchev–Trinajstić information content (AvgIpc) is 2.68. The summed E-state index contributed by atoms with van der Waals surface area (Å²) in [5.41, 5.74) is -0.654. The Morgan fingerprint density at radius 2 is 1.76 bits per heavy atom. The highest BCUT2D eigenvalue weighted by Crippen LogP contribution is 2.56. The van der Waals surface area contributed by atoms with Gasteiger partial charge < -0.3 is 31.3 Å². The van der Waals surface area contributed by atoms with Crippen molar-refractivity contribution in [1.29, 1.82) is 0 Å². The second-order valence-electron chi connectivity index (χ2n) is 8.96. The summed E-state index contributed by atoms with van der Waals surface area (Å²) in [5.74, 6) is -7.89. The SMILES string of the molecule is CN(C)[C@@H]1C(O)=C(C(N)=O)C(=O)[C@@]2(O)C(O)=C3C(=O)c4c(O)cccc4[C@](C)(O)[C@H]3C[C@@H]12.Cl. The molecule has 1 aromatic rings. The maximum absolute atomic E-state index is 13.3. The third-order valence-electron chi connectivity index (χ3n) is 7.02. The molecule has 0 radical (unpaired) electrons. The van der Waals surface area contributed by atoms with Gasteiger partial charge in [-0.25, -0.2) is 0 Å². The molecule has 178 valence electrons. The van der Waals surface area contributed by atoms with Gasteiger partial charge >= 0.3 is 0 Å². The zero-order valence-electron chi connectivity index (χ0n) is 18.1. The number of likely N-dealkylation sites (N-methyl/N-ethyl adjacent to an activating group) is 1. The minimum atomic E-state index is -2.75. The number of hydrogen-bond donors (Lipinski definition) is 6. The molecule has 1 aromatic carbocycles. The van der Waals surface area contributed by atoms with Crippen LogP contribution in [0.2, 0.25) is 0 Å². The second-order valence-corrected chi connectivity index (χ2v) is 8.96. The minimum absolute atomic E-state index is 0. The highest BCUT2D eigenvalue weighted by atomic mass is 35.5. The molecule has 1 amide bonds. The van der Waals surface area contributed by atoms with Crippen molar-refractivity contribution >= 4 is 29.9 Å². The first-order chi connectivity index (χ1) is 14.8. The molecule has 0 aromatic heterocycles. The molecule has 0 unspecified atom stereocenters. The van der Waals surface area contributed by atoms with Crippen LogP contribution in [0.5, 0.6) is 5.75 Å². The fraction of sp³-hybridized carbons (Fsp3) is 0.409. The van der Waals surface area contributed by atoms with Crippen molar-refractivity contribution < 1.29 is 39.9 Å². The predicted octanol–water partition coefficient (Wildman–Crippen LogP) is 0.207. The lowest BCUT2D eigenvalue weighted by molar-refractivity contribution is -0.151. The maximum atomic E-state index is 13.3. The number of hydrogen-bond acceptors (Lipinski definition) is 9. The van der Waals surface area contributed by atoms with Crippen molar-refractivity contribution in [3.8, 4) is 5.75 Å². The summed E-state index contributed by atoms with van der Waals surface area (Å²) in [6.07, 6.45) is -0.200. The van der Waals surface area contributed by atoms with Gasteiger partial charge in [-0.1, -0.05) is 12.1 Å². The molecule has 10 nitrogen and oxygen atoms in total. The number of Topliss-reactive ketones (excluding diaryl/α,β-unsaturated/α-hetero) is 2. The van der Waals surface area contributed by atoms with Crippen LogP contribution in [0, 0.1) is 11.8 Å². The summed E-state index contributed by atoms with van der Waals surface area (Å²) in [6.45, 7) is 1.40. The van der Waals surface area contributed by atoms with Crippen LogP contribution in [0.1, 0.15) is 29.3 Å². The Kier molecular flexibility index (Phi) is 5.66. The van der Waals surface area contributed by atoms with Gasteiger partial charge in [0, 0.05) is 17.4 Å². The molecule has 0 fully saturated rings. The van der Waals surface area contributed by atoms with Crippen molar-refractivity contribution in [2.75, 3.05) is 14.1 Å². The number of rotatable bonds is 2. The second kappa shape index (κ2) is 7.56. The van der Waals surface area contributed by atoms with Crippen LogP contribution in [0.4, 0.5) is 0 Å². The molecular weight excluding hydrogens is 456 g/mol. The van der Waals surface area contributed by atoms with Crippen LogP contribution in [0.15, 0.2) is 40.9 Å². The lowest BCUT2D eigenvalue weighted by atomic mass is 9.55. The molecule has 0 aliphatic heterocycles. The van der Waals surface area contributed by atoms with Gasteiger partial charge in [-0.15, -0.1) is 12.4 Å². The number of aliphatic hydroxyl groups excluding tert-OH is 2. The Balaban J connectivity index is 0.00000306. The molecule has 11 heteroatoms. The maximum Gasteiger partial charge on any atom is 0.255 e. The molecular formula is C22H25ClN2O8. The Morgan fingerprint density at radius 3 is 2.30 bits per heavy atom. The summed E-state index contributed by atoms with van der Waals surface area (Å²) in [6, 6.07) is 3.05. The number of aromatic hydroxyl groups is 1. The van der Waals surface area contributed by atoms with Crippen LogP contribution < -0.4 is 5.73 Å². The number of phenolic OH excluding ortho intramolecular Hbond substituents is 1. The third kappa shape index (κ3) is 2.95. The Hall–Kier alpha value is -2.92. The van der Waals surface area contributed by atoms with Crippen molar-refractivity contribution in [3.05, 3.63) is 52.0 Å². The fourth-order valence-electron chi connectivity index (χ4n) is 5.51. The summed E-state index contributed by atoms with van der Waals surface area (Å²) in [4.78, 5) is 39.9. The average molecular weight is 481 g/mol. The van der Waals surface area contributed by atoms with Crippen molar-refractivity contribution in [2.24, 2.45) is 17.6 Å². The van der Waals surface area contributed by atoms with E-state index >= 15 is 0 Å². The van der Waals surface area contributed by atoms with E-state index in [-0.39, 0.29) is 30.0 Å². The van der Waals surface area contributed by atoms with Crippen LogP contribution in [0.3, 0.4) is 0 Å². The Labute approximate surface area is 195 Å². The lowest BCUT2D eigenvalue weighted by Crippen LogP contribution is -2.65. The molecule has 33 heavy (non-hydrogen) atoms. The highest BCUT2D eigenvalue weighted by Gasteiger charge is 2.65. The zero-order valence-corrected chi connectivity index (χ0v) is 18.9. The number of ketones is 2. The van der Waals surface area contributed by atoms with E-state index in [2.05, 4.69) is 0 Å². The zero-order chi connectivity index (χ0) is 23.9. The molecule has 0 spiro atoms. The molecule has 0 heterocycles. The summed E-state index contributed by atoms with van der Waals surface area (Å²) in [7, 11) is 3.06. The number of aliphatic hydroxyl groups is 4. The first kappa shape index (κ1) is 24.7. The number of carbonyl (C=O) groups excluding carboxylic acids is 3. The molecule has 7 N–H and O–H groups in total. The Bertz CT molecular complexity index is 1160. The summed E-state index contributed by atoms with van der Waals surface area (Å²) >= 11 is 0. The van der Waals surface area contributed by atoms with E-state index in [1.165, 1.54) is 44.1 Å². The van der Waals surface area contributed by atoms with E-state index < -0.39 is 75.0 Å². The largest absolute Gasteiger partial charge is 0.510 e. The van der Waals surface area contributed by atoms with E-state index in [4.69, 9.17) is 5.73 Å². The topological polar surface area (TPSA) is 182 Å². The number of benzene rings is 1. The van der Waals surface area contributed by atoms with Gasteiger partial charge in [-0.2, -0.15) is 0 Å². The number of fused-ring (bicyclic) bond motifs is 3. The van der Waals surface area contributed by atoms with E-state index in [1.807, 2.05) is 0 Å². The van der Waals surface area contributed by atoms with E-state index in [0.29, 0.717) is 0 Å². The van der Waals surface area contributed by atoms with Crippen molar-refractivity contribution in [1.82, 2.24) is 4.90 Å². The molecule has 0 bridgehead atoms. The predicted molar refractivity (Wildman–Crippen MR) is 117 cm³/mol. The molecule has 3 aliphatic carbocycles. The molecule has 0 saturated heterocycles. The first-order valence-corrected chi connectivity index (χ1v) is 9.97. The van der Waals surface area contributed by atoms with E-state index in [1.54, 1.807) is 0 Å². The standard InChI is InChI=1S/C22H24N2O8.ClH/c1-21(31)8-5-4-6-11(25)12(8)16(26)13-9(21)7-10-15(24(2)3)17(27)14(20(23)30)19(29)22(10,32)18(13)28;/h4-6,9-10,15,25,27-28,31-32H,7H2,1-3H3,(H2,23,30);1H/t9-,10-,15-,21-,22-;/m0./s1. The number of carbonyl (C=O) groups is 3. The van der Waals surface area contributed by atoms with Gasteiger partial charge in [0.15, 0.2) is 11.4 Å². The molecule has 5 atom stereocenters. The van der Waals surface area contributed by atoms with Crippen molar-refractivity contribution in [3.63, 3.8) is 0 Å². The van der Waals surface area contributed by atoms with E-state index in [9.17, 15) is 39.9 Å². The number of primary amides is 1. The fourth-order valence-corrected chi connectivity index (χ4v) is 5.51. The van der Waals surface area contributed by atoms with Gasteiger partial charge in [0.05, 0.1) is 17.2 Å². The normalized spacial score (nSPS) is 33.3. The van der Waals surface area contributed by atoms with Gasteiger partial charge in [0.25, 0.3) is 5.91 Å². The number of nitrogens with two attached hydrogens (primary N) is 1. The smallest absolute Gasteiger partial charge is 0.255 e.